The minimum Gasteiger partial charge on any atom is -0.332 e. The van der Waals surface area contributed by atoms with Crippen molar-refractivity contribution in [2.75, 3.05) is 10.6 Å². The Bertz CT molecular complexity index is 771. The van der Waals surface area contributed by atoms with E-state index in [-0.39, 0.29) is 21.5 Å². The first kappa shape index (κ1) is 19.3. The molecule has 10 heteroatoms. The van der Waals surface area contributed by atoms with Crippen LogP contribution >= 0.6 is 23.8 Å². The Morgan fingerprint density at radius 3 is 1.84 bits per heavy atom. The maximum Gasteiger partial charge on any atom is 0.416 e. The highest BCUT2D eigenvalue weighted by molar-refractivity contribution is 7.80. The van der Waals surface area contributed by atoms with Crippen molar-refractivity contribution in [1.82, 2.24) is 0 Å². The van der Waals surface area contributed by atoms with Gasteiger partial charge in [0.15, 0.2) is 5.11 Å². The van der Waals surface area contributed by atoms with Crippen LogP contribution in [-0.2, 0) is 12.4 Å². The number of rotatable bonds is 2. The standard InChI is InChI=1S/C15H9ClF6N2S/c16-11-6-3-9(15(20,21)22)7-12(11)24-13(25)23-10-4-1-8(2-5-10)14(17,18)19/h1-7H,(H2,23,24,25). The zero-order valence-corrected chi connectivity index (χ0v) is 13.7. The van der Waals surface area contributed by atoms with E-state index in [1.54, 1.807) is 0 Å². The highest BCUT2D eigenvalue weighted by Crippen LogP contribution is 2.34. The third kappa shape index (κ3) is 5.23. The van der Waals surface area contributed by atoms with Gasteiger partial charge < -0.3 is 10.6 Å². The van der Waals surface area contributed by atoms with Crippen LogP contribution in [0.4, 0.5) is 37.7 Å². The van der Waals surface area contributed by atoms with E-state index in [0.717, 1.165) is 42.5 Å². The Morgan fingerprint density at radius 2 is 1.32 bits per heavy atom. The number of thiocarbonyl (C=S) groups is 1. The Balaban J connectivity index is 2.10. The van der Waals surface area contributed by atoms with E-state index < -0.39 is 23.5 Å². The zero-order chi connectivity index (χ0) is 18.8. The topological polar surface area (TPSA) is 24.1 Å². The van der Waals surface area contributed by atoms with Gasteiger partial charge in [-0.05, 0) is 54.7 Å². The second-order valence-electron chi connectivity index (χ2n) is 4.85. The van der Waals surface area contributed by atoms with Gasteiger partial charge in [0.1, 0.15) is 0 Å². The third-order valence-electron chi connectivity index (χ3n) is 3.01. The van der Waals surface area contributed by atoms with Crippen LogP contribution in [0.25, 0.3) is 0 Å². The Hall–Kier alpha value is -2.00. The summed E-state index contributed by atoms with van der Waals surface area (Å²) in [6.07, 6.45) is -9.02. The molecular weight excluding hydrogens is 390 g/mol. The molecule has 134 valence electrons. The lowest BCUT2D eigenvalue weighted by Crippen LogP contribution is -2.20. The molecule has 2 nitrogen and oxygen atoms in total. The van der Waals surface area contributed by atoms with E-state index in [1.807, 2.05) is 0 Å². The van der Waals surface area contributed by atoms with E-state index in [1.165, 1.54) is 0 Å². The second-order valence-corrected chi connectivity index (χ2v) is 5.66. The SMILES string of the molecule is FC(F)(F)c1ccc(NC(=S)Nc2cc(C(F)(F)F)ccc2Cl)cc1. The summed E-state index contributed by atoms with van der Waals surface area (Å²) >= 11 is 10.8. The molecular formula is C15H9ClF6N2S. The summed E-state index contributed by atoms with van der Waals surface area (Å²) in [5, 5.41) is 4.93. The molecule has 0 heterocycles. The monoisotopic (exact) mass is 398 g/mol. The highest BCUT2D eigenvalue weighted by Gasteiger charge is 2.31. The first-order valence-electron chi connectivity index (χ1n) is 6.59. The minimum atomic E-state index is -4.55. The van der Waals surface area contributed by atoms with E-state index in [4.69, 9.17) is 23.8 Å². The molecule has 0 aromatic heterocycles. The first-order valence-corrected chi connectivity index (χ1v) is 7.37. The van der Waals surface area contributed by atoms with Crippen LogP contribution in [-0.4, -0.2) is 5.11 Å². The summed E-state index contributed by atoms with van der Waals surface area (Å²) < 4.78 is 75.6. The second kappa shape index (κ2) is 7.09. The molecule has 2 aromatic rings. The quantitative estimate of drug-likeness (QED) is 0.466. The van der Waals surface area contributed by atoms with E-state index in [0.29, 0.717) is 0 Å². The smallest absolute Gasteiger partial charge is 0.332 e. The normalized spacial score (nSPS) is 12.0. The van der Waals surface area contributed by atoms with Crippen LogP contribution in [0, 0.1) is 0 Å². The third-order valence-corrected chi connectivity index (χ3v) is 3.55. The van der Waals surface area contributed by atoms with Gasteiger partial charge in [0.2, 0.25) is 0 Å². The molecule has 0 aliphatic heterocycles. The predicted molar refractivity (Wildman–Crippen MR) is 87.7 cm³/mol. The molecule has 2 aromatic carbocycles. The number of nitrogens with one attached hydrogen (secondary N) is 2. The van der Waals surface area contributed by atoms with Gasteiger partial charge in [0.25, 0.3) is 0 Å². The van der Waals surface area contributed by atoms with Crippen molar-refractivity contribution < 1.29 is 26.3 Å². The Labute approximate surface area is 148 Å². The van der Waals surface area contributed by atoms with Crippen molar-refractivity contribution >= 4 is 40.3 Å². The fourth-order valence-electron chi connectivity index (χ4n) is 1.82. The van der Waals surface area contributed by atoms with Gasteiger partial charge in [-0.15, -0.1) is 0 Å². The lowest BCUT2D eigenvalue weighted by molar-refractivity contribution is -0.138. The Kier molecular flexibility index (Phi) is 5.48. The molecule has 2 N–H and O–H groups in total. The Morgan fingerprint density at radius 1 is 0.800 bits per heavy atom. The molecule has 0 unspecified atom stereocenters. The summed E-state index contributed by atoms with van der Waals surface area (Å²) in [6, 6.07) is 6.65. The van der Waals surface area contributed by atoms with Crippen LogP contribution in [0.15, 0.2) is 42.5 Å². The van der Waals surface area contributed by atoms with Gasteiger partial charge in [-0.25, -0.2) is 0 Å². The molecule has 0 saturated carbocycles. The van der Waals surface area contributed by atoms with Crippen molar-refractivity contribution in [1.29, 1.82) is 0 Å². The minimum absolute atomic E-state index is 0.00423. The summed E-state index contributed by atoms with van der Waals surface area (Å²) in [5.41, 5.74) is -1.61. The fourth-order valence-corrected chi connectivity index (χ4v) is 2.22. The van der Waals surface area contributed by atoms with Crippen molar-refractivity contribution in [2.24, 2.45) is 0 Å². The summed E-state index contributed by atoms with van der Waals surface area (Å²) in [7, 11) is 0. The van der Waals surface area contributed by atoms with Gasteiger partial charge in [0.05, 0.1) is 21.8 Å². The molecule has 0 spiro atoms. The molecule has 2 rings (SSSR count). The molecule has 0 atom stereocenters. The van der Waals surface area contributed by atoms with Crippen LogP contribution < -0.4 is 10.6 Å². The number of halogens is 7. The molecule has 25 heavy (non-hydrogen) atoms. The van der Waals surface area contributed by atoms with Crippen LogP contribution in [0.5, 0.6) is 0 Å². The van der Waals surface area contributed by atoms with Gasteiger partial charge in [-0.3, -0.25) is 0 Å². The van der Waals surface area contributed by atoms with Crippen molar-refractivity contribution in [3.8, 4) is 0 Å². The lowest BCUT2D eigenvalue weighted by Gasteiger charge is -2.14. The fraction of sp³-hybridized carbons (Fsp3) is 0.133. The zero-order valence-electron chi connectivity index (χ0n) is 12.1. The number of hydrogen-bond acceptors (Lipinski definition) is 1. The predicted octanol–water partition coefficient (Wildman–Crippen LogP) is 6.19. The summed E-state index contributed by atoms with van der Waals surface area (Å²) in [6.45, 7) is 0. The summed E-state index contributed by atoms with van der Waals surface area (Å²) in [4.78, 5) is 0. The molecule has 0 bridgehead atoms. The lowest BCUT2D eigenvalue weighted by atomic mass is 10.2. The molecule has 0 aliphatic rings. The number of hydrogen-bond donors (Lipinski definition) is 2. The van der Waals surface area contributed by atoms with E-state index in [2.05, 4.69) is 10.6 Å². The van der Waals surface area contributed by atoms with E-state index >= 15 is 0 Å². The van der Waals surface area contributed by atoms with Gasteiger partial charge in [-0.2, -0.15) is 26.3 Å². The van der Waals surface area contributed by atoms with Crippen LogP contribution in [0.3, 0.4) is 0 Å². The number of alkyl halides is 6. The van der Waals surface area contributed by atoms with E-state index in [9.17, 15) is 26.3 Å². The van der Waals surface area contributed by atoms with Crippen molar-refractivity contribution in [3.63, 3.8) is 0 Å². The van der Waals surface area contributed by atoms with Crippen LogP contribution in [0.2, 0.25) is 5.02 Å². The van der Waals surface area contributed by atoms with Crippen molar-refractivity contribution in [2.45, 2.75) is 12.4 Å². The highest BCUT2D eigenvalue weighted by atomic mass is 35.5. The van der Waals surface area contributed by atoms with Gasteiger partial charge in [0, 0.05) is 5.69 Å². The maximum absolute atomic E-state index is 12.7. The average Bonchev–Trinajstić information content (AvgIpc) is 2.48. The summed E-state index contributed by atoms with van der Waals surface area (Å²) in [5.74, 6) is 0. The molecule has 0 fully saturated rings. The van der Waals surface area contributed by atoms with Gasteiger partial charge >= 0.3 is 12.4 Å². The number of anilines is 2. The van der Waals surface area contributed by atoms with Crippen molar-refractivity contribution in [3.05, 3.63) is 58.6 Å². The molecule has 0 radical (unpaired) electrons. The first-order chi connectivity index (χ1) is 11.5. The van der Waals surface area contributed by atoms with Gasteiger partial charge in [-0.1, -0.05) is 11.6 Å². The molecule has 0 aliphatic carbocycles. The average molecular weight is 399 g/mol. The largest absolute Gasteiger partial charge is 0.416 e. The number of benzene rings is 2. The molecule has 0 saturated heterocycles. The van der Waals surface area contributed by atoms with Crippen LogP contribution in [0.1, 0.15) is 11.1 Å². The molecule has 0 amide bonds. The maximum atomic E-state index is 12.7.